The molecule has 3 aromatic carbocycles. The van der Waals surface area contributed by atoms with Gasteiger partial charge in [-0.25, -0.2) is 4.39 Å². The number of aromatic amines is 1. The fraction of sp³-hybridized carbons (Fsp3) is 0.0909. The molecule has 7 heteroatoms. The molecular formula is C22H18FN3O3. The van der Waals surface area contributed by atoms with E-state index in [1.807, 2.05) is 36.4 Å². The van der Waals surface area contributed by atoms with Crippen LogP contribution in [0.5, 0.6) is 11.5 Å². The molecule has 0 fully saturated rings. The molecule has 29 heavy (non-hydrogen) atoms. The second-order valence-electron chi connectivity index (χ2n) is 6.33. The number of carbonyl (C=O) groups is 1. The van der Waals surface area contributed by atoms with Gasteiger partial charge in [-0.05, 0) is 48.0 Å². The minimum Gasteiger partial charge on any atom is -0.497 e. The molecule has 0 radical (unpaired) electrons. The standard InChI is InChI=1S/C22H18FN3O3/c1-28-14-8-10-20(29-2)17(12-14)13-7-9-16-19(11-13)25-26-21(16)24-22(27)15-5-3-4-6-18(15)23/h3-12H,1-2H3,(H2,24,25,26,27). The molecule has 0 saturated carbocycles. The minimum atomic E-state index is -0.586. The van der Waals surface area contributed by atoms with Crippen LogP contribution in [0.2, 0.25) is 0 Å². The highest BCUT2D eigenvalue weighted by molar-refractivity contribution is 6.08. The van der Waals surface area contributed by atoms with Crippen molar-refractivity contribution in [1.29, 1.82) is 0 Å². The number of rotatable bonds is 5. The molecule has 0 atom stereocenters. The number of hydrogen-bond acceptors (Lipinski definition) is 4. The molecule has 0 aliphatic carbocycles. The highest BCUT2D eigenvalue weighted by Crippen LogP contribution is 2.35. The van der Waals surface area contributed by atoms with E-state index in [-0.39, 0.29) is 5.56 Å². The van der Waals surface area contributed by atoms with Gasteiger partial charge >= 0.3 is 0 Å². The summed E-state index contributed by atoms with van der Waals surface area (Å²) in [5.41, 5.74) is 2.43. The molecule has 2 N–H and O–H groups in total. The predicted molar refractivity (Wildman–Crippen MR) is 109 cm³/mol. The number of aromatic nitrogens is 2. The molecule has 0 bridgehead atoms. The Labute approximate surface area is 166 Å². The molecule has 0 aliphatic rings. The van der Waals surface area contributed by atoms with Gasteiger partial charge in [0.25, 0.3) is 5.91 Å². The first-order valence-electron chi connectivity index (χ1n) is 8.87. The van der Waals surface area contributed by atoms with Crippen LogP contribution in [0.15, 0.2) is 60.7 Å². The van der Waals surface area contributed by atoms with Crippen molar-refractivity contribution in [2.75, 3.05) is 19.5 Å². The molecule has 146 valence electrons. The van der Waals surface area contributed by atoms with Crippen molar-refractivity contribution in [1.82, 2.24) is 10.2 Å². The number of anilines is 1. The van der Waals surface area contributed by atoms with Gasteiger partial charge in [-0.2, -0.15) is 5.10 Å². The number of nitrogens with zero attached hydrogens (tertiary/aromatic N) is 1. The molecule has 1 heterocycles. The first-order valence-corrected chi connectivity index (χ1v) is 8.87. The van der Waals surface area contributed by atoms with E-state index < -0.39 is 11.7 Å². The SMILES string of the molecule is COc1ccc(OC)c(-c2ccc3c(NC(=O)c4ccccc4F)n[nH]c3c2)c1. The minimum absolute atomic E-state index is 0.0404. The predicted octanol–water partition coefficient (Wildman–Crippen LogP) is 4.64. The Morgan fingerprint density at radius 3 is 2.62 bits per heavy atom. The van der Waals surface area contributed by atoms with Gasteiger partial charge in [-0.1, -0.05) is 18.2 Å². The molecule has 0 aliphatic heterocycles. The van der Waals surface area contributed by atoms with Crippen LogP contribution < -0.4 is 14.8 Å². The zero-order chi connectivity index (χ0) is 20.4. The zero-order valence-corrected chi connectivity index (χ0v) is 15.8. The van der Waals surface area contributed by atoms with Crippen LogP contribution >= 0.6 is 0 Å². The van der Waals surface area contributed by atoms with Crippen LogP contribution in [0.4, 0.5) is 10.2 Å². The summed E-state index contributed by atoms with van der Waals surface area (Å²) >= 11 is 0. The lowest BCUT2D eigenvalue weighted by atomic mass is 10.0. The van der Waals surface area contributed by atoms with E-state index in [1.54, 1.807) is 20.3 Å². The molecule has 0 saturated heterocycles. The van der Waals surface area contributed by atoms with Gasteiger partial charge in [0.1, 0.15) is 17.3 Å². The van der Waals surface area contributed by atoms with E-state index in [9.17, 15) is 9.18 Å². The maximum absolute atomic E-state index is 13.8. The van der Waals surface area contributed by atoms with E-state index in [0.29, 0.717) is 22.7 Å². The van der Waals surface area contributed by atoms with Crippen molar-refractivity contribution in [3.05, 3.63) is 72.0 Å². The molecular weight excluding hydrogens is 373 g/mol. The maximum atomic E-state index is 13.8. The van der Waals surface area contributed by atoms with Crippen molar-refractivity contribution in [2.24, 2.45) is 0 Å². The van der Waals surface area contributed by atoms with Crippen LogP contribution in [-0.4, -0.2) is 30.3 Å². The molecule has 6 nitrogen and oxygen atoms in total. The summed E-state index contributed by atoms with van der Waals surface area (Å²) < 4.78 is 24.6. The second-order valence-corrected chi connectivity index (χ2v) is 6.33. The summed E-state index contributed by atoms with van der Waals surface area (Å²) in [6.45, 7) is 0. The Kier molecular flexibility index (Phi) is 4.87. The number of amides is 1. The molecule has 1 aromatic heterocycles. The van der Waals surface area contributed by atoms with Crippen LogP contribution in [0, 0.1) is 5.82 Å². The third-order valence-corrected chi connectivity index (χ3v) is 4.63. The second kappa shape index (κ2) is 7.63. The number of hydrogen-bond donors (Lipinski definition) is 2. The first kappa shape index (κ1) is 18.5. The Bertz CT molecular complexity index is 1200. The third kappa shape index (κ3) is 3.50. The summed E-state index contributed by atoms with van der Waals surface area (Å²) in [7, 11) is 3.21. The average Bonchev–Trinajstić information content (AvgIpc) is 3.15. The summed E-state index contributed by atoms with van der Waals surface area (Å²) in [4.78, 5) is 12.4. The number of carbonyl (C=O) groups excluding carboxylic acids is 1. The fourth-order valence-electron chi connectivity index (χ4n) is 3.14. The largest absolute Gasteiger partial charge is 0.497 e. The van der Waals surface area contributed by atoms with Crippen LogP contribution in [0.3, 0.4) is 0 Å². The highest BCUT2D eigenvalue weighted by atomic mass is 19.1. The van der Waals surface area contributed by atoms with E-state index in [1.165, 1.54) is 18.2 Å². The van der Waals surface area contributed by atoms with Gasteiger partial charge in [0.2, 0.25) is 0 Å². The third-order valence-electron chi connectivity index (χ3n) is 4.63. The molecule has 4 aromatic rings. The molecule has 4 rings (SSSR count). The van der Waals surface area contributed by atoms with Gasteiger partial charge in [0.05, 0.1) is 25.3 Å². The normalized spacial score (nSPS) is 10.7. The van der Waals surface area contributed by atoms with Crippen molar-refractivity contribution < 1.29 is 18.7 Å². The number of halogens is 1. The molecule has 1 amide bonds. The number of ether oxygens (including phenoxy) is 2. The maximum Gasteiger partial charge on any atom is 0.259 e. The number of methoxy groups -OCH3 is 2. The van der Waals surface area contributed by atoms with Crippen LogP contribution in [-0.2, 0) is 0 Å². The number of benzene rings is 3. The lowest BCUT2D eigenvalue weighted by Gasteiger charge is -2.11. The summed E-state index contributed by atoms with van der Waals surface area (Å²) in [6.07, 6.45) is 0. The Hall–Kier alpha value is -3.87. The van der Waals surface area contributed by atoms with Crippen molar-refractivity contribution in [2.45, 2.75) is 0 Å². The first-order chi connectivity index (χ1) is 14.1. The highest BCUT2D eigenvalue weighted by Gasteiger charge is 2.15. The van der Waals surface area contributed by atoms with E-state index >= 15 is 0 Å². The molecule has 0 unspecified atom stereocenters. The van der Waals surface area contributed by atoms with Gasteiger partial charge in [-0.15, -0.1) is 0 Å². The van der Waals surface area contributed by atoms with Gasteiger partial charge in [-0.3, -0.25) is 9.89 Å². The van der Waals surface area contributed by atoms with E-state index in [4.69, 9.17) is 9.47 Å². The monoisotopic (exact) mass is 391 g/mol. The smallest absolute Gasteiger partial charge is 0.259 e. The fourth-order valence-corrected chi connectivity index (χ4v) is 3.14. The molecule has 0 spiro atoms. The Balaban J connectivity index is 1.68. The van der Waals surface area contributed by atoms with Crippen molar-refractivity contribution in [3.8, 4) is 22.6 Å². The summed E-state index contributed by atoms with van der Waals surface area (Å²) in [6, 6.07) is 17.0. The topological polar surface area (TPSA) is 76.2 Å². The Morgan fingerprint density at radius 2 is 1.86 bits per heavy atom. The van der Waals surface area contributed by atoms with E-state index in [0.717, 1.165) is 16.6 Å². The van der Waals surface area contributed by atoms with Gasteiger partial charge in [0, 0.05) is 10.9 Å². The van der Waals surface area contributed by atoms with Crippen molar-refractivity contribution >= 4 is 22.6 Å². The van der Waals surface area contributed by atoms with Crippen LogP contribution in [0.1, 0.15) is 10.4 Å². The van der Waals surface area contributed by atoms with Gasteiger partial charge in [0.15, 0.2) is 5.82 Å². The van der Waals surface area contributed by atoms with Gasteiger partial charge < -0.3 is 14.8 Å². The lowest BCUT2D eigenvalue weighted by molar-refractivity contribution is 0.102. The zero-order valence-electron chi connectivity index (χ0n) is 15.8. The summed E-state index contributed by atoms with van der Waals surface area (Å²) in [5.74, 6) is 0.603. The van der Waals surface area contributed by atoms with Crippen molar-refractivity contribution in [3.63, 3.8) is 0 Å². The van der Waals surface area contributed by atoms with Crippen LogP contribution in [0.25, 0.3) is 22.0 Å². The number of nitrogens with one attached hydrogen (secondary N) is 2. The number of H-pyrrole nitrogens is 1. The lowest BCUT2D eigenvalue weighted by Crippen LogP contribution is -2.14. The van der Waals surface area contributed by atoms with E-state index in [2.05, 4.69) is 15.5 Å². The Morgan fingerprint density at radius 1 is 1.03 bits per heavy atom. The average molecular weight is 391 g/mol. The number of fused-ring (bicyclic) bond motifs is 1. The quantitative estimate of drug-likeness (QED) is 0.520. The summed E-state index contributed by atoms with van der Waals surface area (Å²) in [5, 5.41) is 10.4.